The van der Waals surface area contributed by atoms with Crippen LogP contribution < -0.4 is 5.32 Å². The molecule has 0 bridgehead atoms. The molecule has 1 amide bonds. The van der Waals surface area contributed by atoms with E-state index in [-0.39, 0.29) is 0 Å². The van der Waals surface area contributed by atoms with E-state index in [2.05, 4.69) is 43.5 Å². The van der Waals surface area contributed by atoms with Crippen LogP contribution in [-0.2, 0) is 14.9 Å². The maximum Gasteiger partial charge on any atom is 0.266 e. The number of nitrogens with one attached hydrogen (secondary N) is 1. The highest BCUT2D eigenvalue weighted by molar-refractivity contribution is 7.85. The molecule has 0 spiro atoms. The fourth-order valence-electron chi connectivity index (χ4n) is 7.57. The van der Waals surface area contributed by atoms with Gasteiger partial charge in [-0.05, 0) is 38.5 Å². The fraction of sp³-hybridized carbons (Fsp3) is 0.896. The third kappa shape index (κ3) is 41.0. The minimum atomic E-state index is -4.41. The molecule has 0 saturated carbocycles. The van der Waals surface area contributed by atoms with Gasteiger partial charge in [0.2, 0.25) is 5.91 Å². The molecule has 0 aromatic rings. The van der Waals surface area contributed by atoms with Gasteiger partial charge in [0.15, 0.2) is 0 Å². The Morgan fingerprint density at radius 2 is 0.786 bits per heavy atom. The number of rotatable bonds is 44. The van der Waals surface area contributed by atoms with Gasteiger partial charge in [-0.3, -0.25) is 9.35 Å². The van der Waals surface area contributed by atoms with Crippen molar-refractivity contribution in [2.45, 2.75) is 270 Å². The number of aliphatic hydroxyl groups is 2. The largest absolute Gasteiger partial charge is 0.391 e. The molecule has 0 aliphatic rings. The zero-order valence-corrected chi connectivity index (χ0v) is 37.7. The van der Waals surface area contributed by atoms with Gasteiger partial charge in [0.05, 0.1) is 17.9 Å². The highest BCUT2D eigenvalue weighted by atomic mass is 32.2. The number of hydrogen-bond donors (Lipinski definition) is 4. The molecule has 0 aromatic carbocycles. The summed E-state index contributed by atoms with van der Waals surface area (Å²) in [5, 5.41) is 23.7. The van der Waals surface area contributed by atoms with Crippen LogP contribution >= 0.6 is 0 Å². The number of carbonyl (C=O) groups excluding carboxylic acids is 1. The topological polar surface area (TPSA) is 124 Å². The van der Waals surface area contributed by atoms with E-state index in [9.17, 15) is 28.0 Å². The zero-order chi connectivity index (χ0) is 41.2. The van der Waals surface area contributed by atoms with Crippen LogP contribution in [0.1, 0.15) is 251 Å². The van der Waals surface area contributed by atoms with Crippen molar-refractivity contribution in [2.75, 3.05) is 5.75 Å². The molecule has 0 fully saturated rings. The van der Waals surface area contributed by atoms with E-state index in [4.69, 9.17) is 0 Å². The smallest absolute Gasteiger partial charge is 0.266 e. The van der Waals surface area contributed by atoms with Crippen molar-refractivity contribution in [3.05, 3.63) is 24.3 Å². The van der Waals surface area contributed by atoms with Crippen LogP contribution in [0.5, 0.6) is 0 Å². The minimum absolute atomic E-state index is 0.293. The van der Waals surface area contributed by atoms with E-state index in [0.29, 0.717) is 19.3 Å². The first-order valence-electron chi connectivity index (χ1n) is 24.1. The Bertz CT molecular complexity index is 1000. The maximum absolute atomic E-state index is 12.7. The summed E-state index contributed by atoms with van der Waals surface area (Å²) in [7, 11) is -4.41. The maximum atomic E-state index is 12.7. The van der Waals surface area contributed by atoms with Crippen molar-refractivity contribution in [3.63, 3.8) is 0 Å². The van der Waals surface area contributed by atoms with Gasteiger partial charge in [-0.1, -0.05) is 237 Å². The highest BCUT2D eigenvalue weighted by Gasteiger charge is 2.28. The van der Waals surface area contributed by atoms with Crippen LogP contribution in [0, 0.1) is 0 Å². The van der Waals surface area contributed by atoms with Gasteiger partial charge in [-0.15, -0.1) is 0 Å². The van der Waals surface area contributed by atoms with Crippen LogP contribution in [0.4, 0.5) is 0 Å². The number of aliphatic hydroxyl groups excluding tert-OH is 2. The van der Waals surface area contributed by atoms with Crippen molar-refractivity contribution in [2.24, 2.45) is 0 Å². The SMILES string of the molecule is CCCCC/C=C\C=C/CCCCCCCCCCCC(O)C(=O)NC(CS(=O)(=O)O)C(O)CCCCCCCCCCCCCCCCCCCCCCC. The third-order valence-electron chi connectivity index (χ3n) is 11.3. The molecule has 7 nitrogen and oxygen atoms in total. The van der Waals surface area contributed by atoms with Crippen molar-refractivity contribution in [1.82, 2.24) is 5.32 Å². The Balaban J connectivity index is 3.88. The van der Waals surface area contributed by atoms with E-state index in [0.717, 1.165) is 51.4 Å². The number of hydrogen-bond acceptors (Lipinski definition) is 5. The lowest BCUT2D eigenvalue weighted by molar-refractivity contribution is -0.131. The Morgan fingerprint density at radius 1 is 0.482 bits per heavy atom. The molecule has 332 valence electrons. The van der Waals surface area contributed by atoms with Crippen LogP contribution in [-0.4, -0.2) is 53.1 Å². The fourth-order valence-corrected chi connectivity index (χ4v) is 8.33. The van der Waals surface area contributed by atoms with Crippen LogP contribution in [0.15, 0.2) is 24.3 Å². The second kappa shape index (κ2) is 41.9. The lowest BCUT2D eigenvalue weighted by Gasteiger charge is -2.24. The van der Waals surface area contributed by atoms with Crippen LogP contribution in [0.3, 0.4) is 0 Å². The lowest BCUT2D eigenvalue weighted by Crippen LogP contribution is -2.50. The first kappa shape index (κ1) is 54.8. The van der Waals surface area contributed by atoms with Crippen molar-refractivity contribution < 1.29 is 28.0 Å². The first-order valence-corrected chi connectivity index (χ1v) is 25.8. The van der Waals surface area contributed by atoms with Gasteiger partial charge in [-0.2, -0.15) is 8.42 Å². The normalized spacial score (nSPS) is 13.9. The monoisotopic (exact) mass is 812 g/mol. The predicted octanol–water partition coefficient (Wildman–Crippen LogP) is 13.7. The number of unbranched alkanes of at least 4 members (excludes halogenated alkanes) is 32. The number of amides is 1. The van der Waals surface area contributed by atoms with Crippen molar-refractivity contribution in [3.8, 4) is 0 Å². The summed E-state index contributed by atoms with van der Waals surface area (Å²) >= 11 is 0. The minimum Gasteiger partial charge on any atom is -0.391 e. The molecule has 0 heterocycles. The lowest BCUT2D eigenvalue weighted by atomic mass is 10.0. The van der Waals surface area contributed by atoms with E-state index >= 15 is 0 Å². The molecule has 56 heavy (non-hydrogen) atoms. The molecule has 0 saturated heterocycles. The summed E-state index contributed by atoms with van der Waals surface area (Å²) in [5.41, 5.74) is 0. The van der Waals surface area contributed by atoms with E-state index in [1.165, 1.54) is 167 Å². The molecule has 0 aliphatic carbocycles. The molecule has 0 radical (unpaired) electrons. The van der Waals surface area contributed by atoms with E-state index in [1.54, 1.807) is 0 Å². The van der Waals surface area contributed by atoms with Gasteiger partial charge < -0.3 is 15.5 Å². The second-order valence-electron chi connectivity index (χ2n) is 16.9. The van der Waals surface area contributed by atoms with Crippen molar-refractivity contribution >= 4 is 16.0 Å². The molecule has 0 aromatic heterocycles. The van der Waals surface area contributed by atoms with Gasteiger partial charge in [-0.25, -0.2) is 0 Å². The molecule has 3 atom stereocenters. The predicted molar refractivity (Wildman–Crippen MR) is 241 cm³/mol. The second-order valence-corrected chi connectivity index (χ2v) is 18.4. The van der Waals surface area contributed by atoms with E-state index < -0.39 is 40.0 Å². The van der Waals surface area contributed by atoms with E-state index in [1.807, 2.05) is 0 Å². The third-order valence-corrected chi connectivity index (χ3v) is 12.1. The van der Waals surface area contributed by atoms with Crippen LogP contribution in [0.2, 0.25) is 0 Å². The standard InChI is InChI=1S/C48H93NO6S/c1-3-5-7-9-11-13-15-17-19-21-23-24-25-27-28-30-32-34-36-38-40-42-46(50)45(44-56(53,54)55)49-48(52)47(51)43-41-39-37-35-33-31-29-26-22-20-18-16-14-12-10-8-6-4-2/h12,14,16,18,45-47,50-51H,3-11,13,15,17,19-44H2,1-2H3,(H,49,52)(H,53,54,55)/b14-12-,18-16-. The summed E-state index contributed by atoms with van der Waals surface area (Å²) in [6, 6.07) is -1.15. The Kier molecular flexibility index (Phi) is 41.0. The Labute approximate surface area is 347 Å². The zero-order valence-electron chi connectivity index (χ0n) is 36.9. The summed E-state index contributed by atoms with van der Waals surface area (Å²) in [6.07, 6.45) is 50.5. The number of carbonyl (C=O) groups is 1. The number of allylic oxidation sites excluding steroid dienone is 4. The Hall–Kier alpha value is -1.22. The molecule has 0 rings (SSSR count). The van der Waals surface area contributed by atoms with Gasteiger partial charge in [0, 0.05) is 0 Å². The van der Waals surface area contributed by atoms with Crippen LogP contribution in [0.25, 0.3) is 0 Å². The molecule has 4 N–H and O–H groups in total. The summed E-state index contributed by atoms with van der Waals surface area (Å²) < 4.78 is 32.7. The summed E-state index contributed by atoms with van der Waals surface area (Å²) in [6.45, 7) is 4.51. The molecule has 0 aliphatic heterocycles. The average Bonchev–Trinajstić information content (AvgIpc) is 3.17. The van der Waals surface area contributed by atoms with Crippen molar-refractivity contribution in [1.29, 1.82) is 0 Å². The molecule has 8 heteroatoms. The summed E-state index contributed by atoms with van der Waals surface area (Å²) in [5.74, 6) is -1.45. The Morgan fingerprint density at radius 3 is 1.16 bits per heavy atom. The molecular formula is C48H93NO6S. The van der Waals surface area contributed by atoms with Gasteiger partial charge >= 0.3 is 0 Å². The average molecular weight is 812 g/mol. The van der Waals surface area contributed by atoms with Gasteiger partial charge in [0.1, 0.15) is 6.10 Å². The summed E-state index contributed by atoms with van der Waals surface area (Å²) in [4.78, 5) is 12.7. The molecular weight excluding hydrogens is 719 g/mol. The quantitative estimate of drug-likeness (QED) is 0.0276. The van der Waals surface area contributed by atoms with Gasteiger partial charge in [0.25, 0.3) is 10.1 Å². The highest BCUT2D eigenvalue weighted by Crippen LogP contribution is 2.17. The molecule has 3 unspecified atom stereocenters. The first-order chi connectivity index (χ1) is 27.2.